The summed E-state index contributed by atoms with van der Waals surface area (Å²) in [4.78, 5) is 12.1. The molecule has 0 aliphatic heterocycles. The van der Waals surface area contributed by atoms with Crippen LogP contribution in [0, 0.1) is 0 Å². The van der Waals surface area contributed by atoms with Gasteiger partial charge < -0.3 is 19.9 Å². The van der Waals surface area contributed by atoms with E-state index in [1.54, 1.807) is 32.4 Å². The number of carbonyl (C=O) groups excluding carboxylic acids is 1. The Hall–Kier alpha value is -2.53. The summed E-state index contributed by atoms with van der Waals surface area (Å²) in [5.41, 5.74) is 2.63. The second-order valence-corrected chi connectivity index (χ2v) is 6.49. The summed E-state index contributed by atoms with van der Waals surface area (Å²) in [7, 11) is 3.11. The average molecular weight is 357 g/mol. The number of hydrogen-bond acceptors (Lipinski definition) is 4. The Morgan fingerprint density at radius 3 is 2.35 bits per heavy atom. The summed E-state index contributed by atoms with van der Waals surface area (Å²) in [6, 6.07) is 13.1. The predicted molar refractivity (Wildman–Crippen MR) is 103 cm³/mol. The molecule has 2 rings (SSSR count). The molecule has 0 saturated carbocycles. The van der Waals surface area contributed by atoms with Gasteiger partial charge in [-0.05, 0) is 42.2 Å². The van der Waals surface area contributed by atoms with Crippen molar-refractivity contribution in [2.24, 2.45) is 0 Å². The molecule has 0 fully saturated rings. The summed E-state index contributed by atoms with van der Waals surface area (Å²) in [6.45, 7) is 4.25. The molecule has 0 aromatic heterocycles. The van der Waals surface area contributed by atoms with Gasteiger partial charge in [-0.2, -0.15) is 0 Å². The average Bonchev–Trinajstić information content (AvgIpc) is 2.65. The van der Waals surface area contributed by atoms with E-state index in [2.05, 4.69) is 19.2 Å². The second-order valence-electron chi connectivity index (χ2n) is 6.49. The highest BCUT2D eigenvalue weighted by molar-refractivity contribution is 5.90. The molecule has 2 N–H and O–H groups in total. The standard InChI is InChI=1S/C21H27NO4/c1-14(2)15-5-7-16(8-6-15)22-21(24)12-11-19(23)18-10-9-17(25-3)13-20(18)26-4/h5-10,13-14,19,23H,11-12H2,1-4H3,(H,22,24). The molecule has 0 aliphatic rings. The molecule has 1 unspecified atom stereocenters. The third-order valence-corrected chi connectivity index (χ3v) is 4.31. The van der Waals surface area contributed by atoms with E-state index >= 15 is 0 Å². The zero-order valence-electron chi connectivity index (χ0n) is 15.8. The van der Waals surface area contributed by atoms with Crippen LogP contribution < -0.4 is 14.8 Å². The Balaban J connectivity index is 1.92. The van der Waals surface area contributed by atoms with Gasteiger partial charge in [-0.3, -0.25) is 4.79 Å². The van der Waals surface area contributed by atoms with Crippen molar-refractivity contribution in [3.8, 4) is 11.5 Å². The second kappa shape index (κ2) is 9.25. The first-order valence-corrected chi connectivity index (χ1v) is 8.74. The molecule has 0 saturated heterocycles. The molecule has 0 radical (unpaired) electrons. The molecule has 0 bridgehead atoms. The SMILES string of the molecule is COc1ccc(C(O)CCC(=O)Nc2ccc(C(C)C)cc2)c(OC)c1. The maximum atomic E-state index is 12.1. The first-order chi connectivity index (χ1) is 12.4. The molecule has 0 spiro atoms. The molecule has 140 valence electrons. The summed E-state index contributed by atoms with van der Waals surface area (Å²) in [6.07, 6.45) is -0.272. The number of amides is 1. The van der Waals surface area contributed by atoms with Gasteiger partial charge in [-0.25, -0.2) is 0 Å². The Morgan fingerprint density at radius 1 is 1.08 bits per heavy atom. The van der Waals surface area contributed by atoms with Crippen molar-refractivity contribution in [1.29, 1.82) is 0 Å². The minimum atomic E-state index is -0.787. The van der Waals surface area contributed by atoms with Crippen molar-refractivity contribution in [1.82, 2.24) is 0 Å². The topological polar surface area (TPSA) is 67.8 Å². The van der Waals surface area contributed by atoms with E-state index in [1.807, 2.05) is 24.3 Å². The van der Waals surface area contributed by atoms with Crippen molar-refractivity contribution in [3.63, 3.8) is 0 Å². The first-order valence-electron chi connectivity index (χ1n) is 8.74. The molecule has 2 aromatic carbocycles. The predicted octanol–water partition coefficient (Wildman–Crippen LogP) is 4.28. The fraction of sp³-hybridized carbons (Fsp3) is 0.381. The normalized spacial score (nSPS) is 11.9. The third kappa shape index (κ3) is 5.23. The molecule has 5 heteroatoms. The Bertz CT molecular complexity index is 725. The minimum absolute atomic E-state index is 0.131. The van der Waals surface area contributed by atoms with Gasteiger partial charge in [0.05, 0.1) is 20.3 Å². The highest BCUT2D eigenvalue weighted by Gasteiger charge is 2.16. The van der Waals surface area contributed by atoms with Crippen LogP contribution in [0.4, 0.5) is 5.69 Å². The fourth-order valence-electron chi connectivity index (χ4n) is 2.69. The van der Waals surface area contributed by atoms with Gasteiger partial charge in [0.1, 0.15) is 11.5 Å². The summed E-state index contributed by atoms with van der Waals surface area (Å²) in [5.74, 6) is 1.52. The number of ether oxygens (including phenoxy) is 2. The Morgan fingerprint density at radius 2 is 1.77 bits per heavy atom. The lowest BCUT2D eigenvalue weighted by atomic mass is 10.0. The number of aliphatic hydroxyl groups is 1. The molecule has 1 atom stereocenters. The molecule has 0 aliphatic carbocycles. The highest BCUT2D eigenvalue weighted by Crippen LogP contribution is 2.31. The van der Waals surface area contributed by atoms with Crippen LogP contribution in [0.15, 0.2) is 42.5 Å². The number of nitrogens with one attached hydrogen (secondary N) is 1. The Kier molecular flexibility index (Phi) is 7.04. The fourth-order valence-corrected chi connectivity index (χ4v) is 2.69. The van der Waals surface area contributed by atoms with Gasteiger partial charge >= 0.3 is 0 Å². The molecule has 5 nitrogen and oxygen atoms in total. The molecular formula is C21H27NO4. The number of aliphatic hydroxyl groups excluding tert-OH is 1. The lowest BCUT2D eigenvalue weighted by molar-refractivity contribution is -0.116. The van der Waals surface area contributed by atoms with Crippen molar-refractivity contribution >= 4 is 11.6 Å². The maximum absolute atomic E-state index is 12.1. The Labute approximate surface area is 155 Å². The zero-order valence-corrected chi connectivity index (χ0v) is 15.8. The number of benzene rings is 2. The maximum Gasteiger partial charge on any atom is 0.224 e. The molecule has 0 heterocycles. The van der Waals surface area contributed by atoms with Gasteiger partial charge in [0.2, 0.25) is 5.91 Å². The van der Waals surface area contributed by atoms with Crippen LogP contribution in [0.3, 0.4) is 0 Å². The van der Waals surface area contributed by atoms with E-state index in [9.17, 15) is 9.90 Å². The van der Waals surface area contributed by atoms with E-state index in [0.717, 1.165) is 5.69 Å². The molecular weight excluding hydrogens is 330 g/mol. The number of carbonyl (C=O) groups is 1. The number of rotatable bonds is 8. The van der Waals surface area contributed by atoms with E-state index in [-0.39, 0.29) is 12.3 Å². The van der Waals surface area contributed by atoms with E-state index in [0.29, 0.717) is 29.4 Å². The highest BCUT2D eigenvalue weighted by atomic mass is 16.5. The van der Waals surface area contributed by atoms with Gasteiger partial charge in [0, 0.05) is 23.7 Å². The van der Waals surface area contributed by atoms with Gasteiger partial charge in [-0.15, -0.1) is 0 Å². The molecule has 26 heavy (non-hydrogen) atoms. The van der Waals surface area contributed by atoms with Crippen molar-refractivity contribution in [3.05, 3.63) is 53.6 Å². The summed E-state index contributed by atoms with van der Waals surface area (Å²) < 4.78 is 10.5. The van der Waals surface area contributed by atoms with Crippen LogP contribution in [-0.4, -0.2) is 25.2 Å². The minimum Gasteiger partial charge on any atom is -0.497 e. The third-order valence-electron chi connectivity index (χ3n) is 4.31. The smallest absolute Gasteiger partial charge is 0.224 e. The van der Waals surface area contributed by atoms with Crippen LogP contribution in [0.1, 0.15) is 49.8 Å². The molecule has 1 amide bonds. The van der Waals surface area contributed by atoms with E-state index in [1.165, 1.54) is 5.56 Å². The first kappa shape index (κ1) is 19.8. The van der Waals surface area contributed by atoms with Crippen LogP contribution >= 0.6 is 0 Å². The largest absolute Gasteiger partial charge is 0.497 e. The number of hydrogen-bond donors (Lipinski definition) is 2. The van der Waals surface area contributed by atoms with Gasteiger partial charge in [-0.1, -0.05) is 26.0 Å². The van der Waals surface area contributed by atoms with E-state index < -0.39 is 6.10 Å². The van der Waals surface area contributed by atoms with Crippen molar-refractivity contribution in [2.45, 2.75) is 38.7 Å². The van der Waals surface area contributed by atoms with Crippen molar-refractivity contribution in [2.75, 3.05) is 19.5 Å². The van der Waals surface area contributed by atoms with Crippen molar-refractivity contribution < 1.29 is 19.4 Å². The monoisotopic (exact) mass is 357 g/mol. The quantitative estimate of drug-likeness (QED) is 0.740. The van der Waals surface area contributed by atoms with Gasteiger partial charge in [0.25, 0.3) is 0 Å². The molecule has 2 aromatic rings. The number of methoxy groups -OCH3 is 2. The lowest BCUT2D eigenvalue weighted by Crippen LogP contribution is -2.13. The van der Waals surface area contributed by atoms with Gasteiger partial charge in [0.15, 0.2) is 0 Å². The summed E-state index contributed by atoms with van der Waals surface area (Å²) >= 11 is 0. The summed E-state index contributed by atoms with van der Waals surface area (Å²) in [5, 5.41) is 13.3. The number of anilines is 1. The van der Waals surface area contributed by atoms with Crippen LogP contribution in [0.2, 0.25) is 0 Å². The van der Waals surface area contributed by atoms with Crippen LogP contribution in [0.25, 0.3) is 0 Å². The lowest BCUT2D eigenvalue weighted by Gasteiger charge is -2.16. The van der Waals surface area contributed by atoms with Crippen LogP contribution in [0.5, 0.6) is 11.5 Å². The zero-order chi connectivity index (χ0) is 19.1. The van der Waals surface area contributed by atoms with Crippen LogP contribution in [-0.2, 0) is 4.79 Å². The van der Waals surface area contributed by atoms with E-state index in [4.69, 9.17) is 9.47 Å².